The van der Waals surface area contributed by atoms with Crippen molar-refractivity contribution in [3.63, 3.8) is 0 Å². The normalized spacial score (nSPS) is 16.8. The molecule has 0 aromatic rings. The molecule has 0 bridgehead atoms. The molecular weight excluding hydrogens is 124 g/mol. The van der Waals surface area contributed by atoms with E-state index in [1.54, 1.807) is 0 Å². The molecule has 10 heavy (non-hydrogen) atoms. The molecule has 62 valence electrons. The highest BCUT2D eigenvalue weighted by Gasteiger charge is 2.12. The van der Waals surface area contributed by atoms with Crippen molar-refractivity contribution in [2.75, 3.05) is 6.54 Å². The van der Waals surface area contributed by atoms with E-state index < -0.39 is 0 Å². The second kappa shape index (κ2) is 5.69. The molecule has 0 aliphatic heterocycles. The Morgan fingerprint density at radius 1 is 1.30 bits per heavy atom. The van der Waals surface area contributed by atoms with Gasteiger partial charge in [0.15, 0.2) is 0 Å². The number of hydrogen-bond donors (Lipinski definition) is 2. The Labute approximate surface area is 64.0 Å². The van der Waals surface area contributed by atoms with Crippen LogP contribution in [0, 0.1) is 5.92 Å². The van der Waals surface area contributed by atoms with E-state index in [1.165, 1.54) is 0 Å². The lowest BCUT2D eigenvalue weighted by molar-refractivity contribution is 0.394. The second-order valence-electron chi connectivity index (χ2n) is 2.86. The maximum absolute atomic E-state index is 5.87. The Hall–Kier alpha value is -0.0800. The molecule has 0 aliphatic rings. The van der Waals surface area contributed by atoms with Crippen LogP contribution in [0.5, 0.6) is 0 Å². The highest BCUT2D eigenvalue weighted by atomic mass is 14.7. The monoisotopic (exact) mass is 144 g/mol. The molecule has 2 heteroatoms. The van der Waals surface area contributed by atoms with Gasteiger partial charge in [0.25, 0.3) is 0 Å². The van der Waals surface area contributed by atoms with Crippen LogP contribution in [0.3, 0.4) is 0 Å². The van der Waals surface area contributed by atoms with E-state index in [2.05, 4.69) is 13.8 Å². The molecule has 2 nitrogen and oxygen atoms in total. The summed E-state index contributed by atoms with van der Waals surface area (Å²) in [7, 11) is 0. The Morgan fingerprint density at radius 3 is 2.20 bits per heavy atom. The standard InChI is InChI=1S/C8H20N2/c1-3-5-8(10)7(4-2)6-9/h7-8H,3-6,9-10H2,1-2H3/t7-,8-/m1/s1. The first-order valence-corrected chi connectivity index (χ1v) is 4.21. The minimum absolute atomic E-state index is 0.319. The van der Waals surface area contributed by atoms with Crippen molar-refractivity contribution >= 4 is 0 Å². The van der Waals surface area contributed by atoms with Gasteiger partial charge in [0.2, 0.25) is 0 Å². The summed E-state index contributed by atoms with van der Waals surface area (Å²) in [5.41, 5.74) is 11.4. The third kappa shape index (κ3) is 3.18. The van der Waals surface area contributed by atoms with Gasteiger partial charge in [-0.25, -0.2) is 0 Å². The zero-order valence-electron chi connectivity index (χ0n) is 7.14. The summed E-state index contributed by atoms with van der Waals surface area (Å²) in [5.74, 6) is 0.528. The Morgan fingerprint density at radius 2 is 1.90 bits per heavy atom. The molecule has 0 radical (unpaired) electrons. The second-order valence-corrected chi connectivity index (χ2v) is 2.86. The first-order chi connectivity index (χ1) is 4.76. The van der Waals surface area contributed by atoms with Crippen LogP contribution in [0.15, 0.2) is 0 Å². The van der Waals surface area contributed by atoms with Crippen LogP contribution in [0.4, 0.5) is 0 Å². The van der Waals surface area contributed by atoms with Crippen LogP contribution in [0.25, 0.3) is 0 Å². The summed E-state index contributed by atoms with van der Waals surface area (Å²) in [4.78, 5) is 0. The molecule has 0 heterocycles. The molecule has 0 fully saturated rings. The van der Waals surface area contributed by atoms with E-state index in [4.69, 9.17) is 11.5 Å². The lowest BCUT2D eigenvalue weighted by Crippen LogP contribution is -2.34. The number of nitrogens with two attached hydrogens (primary N) is 2. The molecule has 0 rings (SSSR count). The van der Waals surface area contributed by atoms with E-state index in [-0.39, 0.29) is 0 Å². The first kappa shape index (κ1) is 9.92. The van der Waals surface area contributed by atoms with E-state index in [0.29, 0.717) is 12.0 Å². The number of rotatable bonds is 5. The number of hydrogen-bond acceptors (Lipinski definition) is 2. The van der Waals surface area contributed by atoms with E-state index >= 15 is 0 Å². The molecule has 0 aromatic heterocycles. The fourth-order valence-electron chi connectivity index (χ4n) is 1.21. The third-order valence-electron chi connectivity index (χ3n) is 2.05. The summed E-state index contributed by atoms with van der Waals surface area (Å²) in [5, 5.41) is 0. The van der Waals surface area contributed by atoms with Crippen molar-refractivity contribution < 1.29 is 0 Å². The van der Waals surface area contributed by atoms with Gasteiger partial charge in [0.1, 0.15) is 0 Å². The van der Waals surface area contributed by atoms with Gasteiger partial charge in [0, 0.05) is 6.04 Å². The van der Waals surface area contributed by atoms with Crippen LogP contribution in [-0.2, 0) is 0 Å². The smallest absolute Gasteiger partial charge is 0.00789 e. The summed E-state index contributed by atoms with van der Waals surface area (Å²) < 4.78 is 0. The lowest BCUT2D eigenvalue weighted by Gasteiger charge is -2.19. The molecule has 0 aromatic carbocycles. The van der Waals surface area contributed by atoms with Crippen molar-refractivity contribution in [3.8, 4) is 0 Å². The average molecular weight is 144 g/mol. The maximum Gasteiger partial charge on any atom is 0.00789 e. The highest BCUT2D eigenvalue weighted by molar-refractivity contribution is 4.71. The SMILES string of the molecule is CCC[C@@H](N)[C@H](CC)CN. The molecule has 0 saturated carbocycles. The Balaban J connectivity index is 3.53. The molecule has 0 spiro atoms. The minimum atomic E-state index is 0.319. The molecular formula is C8H20N2. The van der Waals surface area contributed by atoms with Gasteiger partial charge in [-0.1, -0.05) is 26.7 Å². The summed E-state index contributed by atoms with van der Waals surface area (Å²) in [6.45, 7) is 5.04. The summed E-state index contributed by atoms with van der Waals surface area (Å²) in [6.07, 6.45) is 3.38. The summed E-state index contributed by atoms with van der Waals surface area (Å²) >= 11 is 0. The quantitative estimate of drug-likeness (QED) is 0.607. The van der Waals surface area contributed by atoms with Gasteiger partial charge in [-0.05, 0) is 18.9 Å². The predicted molar refractivity (Wildman–Crippen MR) is 45.7 cm³/mol. The maximum atomic E-state index is 5.87. The topological polar surface area (TPSA) is 52.0 Å². The van der Waals surface area contributed by atoms with Crippen molar-refractivity contribution in [2.24, 2.45) is 17.4 Å². The fraction of sp³-hybridized carbons (Fsp3) is 1.00. The zero-order valence-corrected chi connectivity index (χ0v) is 7.14. The van der Waals surface area contributed by atoms with Crippen molar-refractivity contribution in [1.82, 2.24) is 0 Å². The van der Waals surface area contributed by atoms with Crippen molar-refractivity contribution in [2.45, 2.75) is 39.2 Å². The van der Waals surface area contributed by atoms with Crippen LogP contribution in [0.2, 0.25) is 0 Å². The zero-order chi connectivity index (χ0) is 7.98. The molecule has 0 aliphatic carbocycles. The van der Waals surface area contributed by atoms with Crippen LogP contribution in [-0.4, -0.2) is 12.6 Å². The predicted octanol–water partition coefficient (Wildman–Crippen LogP) is 1.10. The van der Waals surface area contributed by atoms with E-state index in [9.17, 15) is 0 Å². The van der Waals surface area contributed by atoms with Crippen molar-refractivity contribution in [1.29, 1.82) is 0 Å². The van der Waals surface area contributed by atoms with Gasteiger partial charge in [-0.2, -0.15) is 0 Å². The molecule has 0 amide bonds. The van der Waals surface area contributed by atoms with Gasteiger partial charge in [-0.15, -0.1) is 0 Å². The van der Waals surface area contributed by atoms with Gasteiger partial charge in [-0.3, -0.25) is 0 Å². The molecule has 0 saturated heterocycles. The van der Waals surface area contributed by atoms with E-state index in [1.807, 2.05) is 0 Å². The Bertz CT molecular complexity index is 69.7. The largest absolute Gasteiger partial charge is 0.330 e. The Kier molecular flexibility index (Phi) is 5.64. The first-order valence-electron chi connectivity index (χ1n) is 4.21. The summed E-state index contributed by atoms with van der Waals surface area (Å²) in [6, 6.07) is 0.319. The molecule has 4 N–H and O–H groups in total. The highest BCUT2D eigenvalue weighted by Crippen LogP contribution is 2.09. The fourth-order valence-corrected chi connectivity index (χ4v) is 1.21. The lowest BCUT2D eigenvalue weighted by atomic mass is 9.94. The van der Waals surface area contributed by atoms with Crippen LogP contribution < -0.4 is 11.5 Å². The average Bonchev–Trinajstić information content (AvgIpc) is 1.91. The van der Waals surface area contributed by atoms with Gasteiger partial charge in [0.05, 0.1) is 0 Å². The van der Waals surface area contributed by atoms with Crippen molar-refractivity contribution in [3.05, 3.63) is 0 Å². The van der Waals surface area contributed by atoms with Crippen LogP contribution in [0.1, 0.15) is 33.1 Å². The third-order valence-corrected chi connectivity index (χ3v) is 2.05. The van der Waals surface area contributed by atoms with Gasteiger partial charge < -0.3 is 11.5 Å². The van der Waals surface area contributed by atoms with Gasteiger partial charge >= 0.3 is 0 Å². The van der Waals surface area contributed by atoms with E-state index in [0.717, 1.165) is 25.8 Å². The molecule has 2 atom stereocenters. The minimum Gasteiger partial charge on any atom is -0.330 e. The van der Waals surface area contributed by atoms with Crippen LogP contribution >= 0.6 is 0 Å². The molecule has 0 unspecified atom stereocenters.